The number of carbonyl (C=O) groups is 1. The van der Waals surface area contributed by atoms with Crippen LogP contribution >= 0.6 is 11.6 Å². The number of carboxylic acid groups (broad SMARTS) is 1. The summed E-state index contributed by atoms with van der Waals surface area (Å²) in [6, 6.07) is 17.4. The number of halogens is 2. The lowest BCUT2D eigenvalue weighted by Crippen LogP contribution is -2.36. The molecule has 5 rings (SSSR count). The zero-order valence-electron chi connectivity index (χ0n) is 19.8. The molecule has 1 fully saturated rings. The molecule has 3 aromatic carbocycles. The highest BCUT2D eigenvalue weighted by atomic mass is 35.5. The van der Waals surface area contributed by atoms with Crippen molar-refractivity contribution in [3.8, 4) is 5.75 Å². The van der Waals surface area contributed by atoms with E-state index in [-0.39, 0.29) is 11.4 Å². The molecule has 186 valence electrons. The van der Waals surface area contributed by atoms with Crippen LogP contribution in [0.1, 0.15) is 46.3 Å². The van der Waals surface area contributed by atoms with Crippen molar-refractivity contribution in [2.75, 3.05) is 31.2 Å². The summed E-state index contributed by atoms with van der Waals surface area (Å²) in [5, 5.41) is 10.4. The normalized spacial score (nSPS) is 15.9. The second-order valence-corrected chi connectivity index (χ2v) is 9.48. The van der Waals surface area contributed by atoms with Crippen molar-refractivity contribution in [3.63, 3.8) is 0 Å². The van der Waals surface area contributed by atoms with Crippen molar-refractivity contribution < 1.29 is 23.8 Å². The standard InChI is InChI=1S/C29H27ClFNO4/c30-22-6-9-28(36-18-19-4-7-23(31)8-5-19)27(17-22)26-3-1-2-25(26)20-14-21(29(33)34)16-24(15-20)32-10-12-35-13-11-32/h4-9,14-17H,1-3,10-13,18H2,(H,33,34). The molecule has 0 radical (unpaired) electrons. The number of nitrogens with zero attached hydrogens (tertiary/aromatic N) is 1. The first-order chi connectivity index (χ1) is 17.5. The minimum absolute atomic E-state index is 0.270. The van der Waals surface area contributed by atoms with E-state index in [9.17, 15) is 14.3 Å². The van der Waals surface area contributed by atoms with Crippen molar-refractivity contribution in [1.82, 2.24) is 0 Å². The van der Waals surface area contributed by atoms with Crippen LogP contribution < -0.4 is 9.64 Å². The van der Waals surface area contributed by atoms with E-state index < -0.39 is 5.97 Å². The Balaban J connectivity index is 1.53. The van der Waals surface area contributed by atoms with Crippen LogP contribution in [-0.2, 0) is 11.3 Å². The third-order valence-electron chi connectivity index (χ3n) is 6.68. The van der Waals surface area contributed by atoms with Gasteiger partial charge in [-0.15, -0.1) is 0 Å². The van der Waals surface area contributed by atoms with Gasteiger partial charge in [-0.25, -0.2) is 9.18 Å². The smallest absolute Gasteiger partial charge is 0.335 e. The van der Waals surface area contributed by atoms with Gasteiger partial charge in [0.05, 0.1) is 18.8 Å². The fourth-order valence-corrected chi connectivity index (χ4v) is 5.05. The third-order valence-corrected chi connectivity index (χ3v) is 6.92. The Morgan fingerprint density at radius 2 is 1.75 bits per heavy atom. The third kappa shape index (κ3) is 5.40. The van der Waals surface area contributed by atoms with Crippen LogP contribution in [-0.4, -0.2) is 37.4 Å². The maximum atomic E-state index is 13.3. The molecule has 5 nitrogen and oxygen atoms in total. The lowest BCUT2D eigenvalue weighted by Gasteiger charge is -2.29. The van der Waals surface area contributed by atoms with Crippen molar-refractivity contribution in [3.05, 3.63) is 93.8 Å². The zero-order valence-corrected chi connectivity index (χ0v) is 20.6. The number of benzene rings is 3. The fraction of sp³-hybridized carbons (Fsp3) is 0.276. The Kier molecular flexibility index (Phi) is 7.25. The molecule has 0 bridgehead atoms. The van der Waals surface area contributed by atoms with E-state index in [2.05, 4.69) is 11.0 Å². The minimum Gasteiger partial charge on any atom is -0.488 e. The van der Waals surface area contributed by atoms with Crippen LogP contribution in [0, 0.1) is 5.82 Å². The monoisotopic (exact) mass is 507 g/mol. The van der Waals surface area contributed by atoms with E-state index in [1.807, 2.05) is 12.1 Å². The van der Waals surface area contributed by atoms with Crippen LogP contribution in [0.25, 0.3) is 11.1 Å². The largest absolute Gasteiger partial charge is 0.488 e. The summed E-state index contributed by atoms with van der Waals surface area (Å²) < 4.78 is 24.9. The fourth-order valence-electron chi connectivity index (χ4n) is 4.88. The molecule has 0 spiro atoms. The predicted octanol–water partition coefficient (Wildman–Crippen LogP) is 6.69. The molecule has 1 saturated heterocycles. The number of rotatable bonds is 7. The molecule has 3 aromatic rings. The topological polar surface area (TPSA) is 59.0 Å². The lowest BCUT2D eigenvalue weighted by atomic mass is 9.94. The molecule has 0 amide bonds. The maximum absolute atomic E-state index is 13.3. The highest BCUT2D eigenvalue weighted by Gasteiger charge is 2.23. The van der Waals surface area contributed by atoms with Crippen molar-refractivity contribution in [1.29, 1.82) is 0 Å². The van der Waals surface area contributed by atoms with Crippen molar-refractivity contribution in [2.24, 2.45) is 0 Å². The summed E-state index contributed by atoms with van der Waals surface area (Å²) >= 11 is 6.40. The molecule has 1 heterocycles. The van der Waals surface area contributed by atoms with Crippen LogP contribution in [0.2, 0.25) is 5.02 Å². The maximum Gasteiger partial charge on any atom is 0.335 e. The second kappa shape index (κ2) is 10.7. The van der Waals surface area contributed by atoms with Gasteiger partial charge in [0.2, 0.25) is 0 Å². The van der Waals surface area contributed by atoms with Crippen LogP contribution in [0.4, 0.5) is 10.1 Å². The molecular weight excluding hydrogens is 481 g/mol. The van der Waals surface area contributed by atoms with E-state index >= 15 is 0 Å². The number of hydrogen-bond acceptors (Lipinski definition) is 4. The van der Waals surface area contributed by atoms with Crippen molar-refractivity contribution >= 4 is 34.4 Å². The molecule has 0 unspecified atom stereocenters. The van der Waals surface area contributed by atoms with Gasteiger partial charge in [0.1, 0.15) is 18.2 Å². The number of hydrogen-bond donors (Lipinski definition) is 1. The quantitative estimate of drug-likeness (QED) is 0.386. The highest BCUT2D eigenvalue weighted by molar-refractivity contribution is 6.30. The molecule has 1 N–H and O–H groups in total. The minimum atomic E-state index is -0.947. The summed E-state index contributed by atoms with van der Waals surface area (Å²) in [4.78, 5) is 14.1. The number of carboxylic acids is 1. The average Bonchev–Trinajstić information content (AvgIpc) is 3.39. The van der Waals surface area contributed by atoms with Gasteiger partial charge in [0.25, 0.3) is 0 Å². The number of allylic oxidation sites excluding steroid dienone is 2. The Morgan fingerprint density at radius 1 is 1.00 bits per heavy atom. The van der Waals surface area contributed by atoms with Crippen LogP contribution in [0.15, 0.2) is 60.7 Å². The van der Waals surface area contributed by atoms with Gasteiger partial charge >= 0.3 is 5.97 Å². The molecule has 0 aromatic heterocycles. The Morgan fingerprint density at radius 3 is 2.50 bits per heavy atom. The van der Waals surface area contributed by atoms with E-state index in [0.29, 0.717) is 30.6 Å². The SMILES string of the molecule is O=C(O)c1cc(C2=C(c3cc(Cl)ccc3OCc3ccc(F)cc3)CCC2)cc(N2CCOCC2)c1. The van der Waals surface area contributed by atoms with Gasteiger partial charge in [0, 0.05) is 29.4 Å². The molecular formula is C29H27ClFNO4. The van der Waals surface area contributed by atoms with Gasteiger partial charge in [-0.1, -0.05) is 23.7 Å². The van der Waals surface area contributed by atoms with Gasteiger partial charge < -0.3 is 19.5 Å². The molecule has 36 heavy (non-hydrogen) atoms. The van der Waals surface area contributed by atoms with Gasteiger partial charge in [-0.2, -0.15) is 0 Å². The van der Waals surface area contributed by atoms with Gasteiger partial charge in [-0.3, -0.25) is 0 Å². The summed E-state index contributed by atoms with van der Waals surface area (Å²) in [6.07, 6.45) is 2.64. The molecule has 0 atom stereocenters. The van der Waals surface area contributed by atoms with Crippen LogP contribution in [0.5, 0.6) is 5.75 Å². The summed E-state index contributed by atoms with van der Waals surface area (Å²) in [6.45, 7) is 3.00. The second-order valence-electron chi connectivity index (χ2n) is 9.04. The summed E-state index contributed by atoms with van der Waals surface area (Å²) in [5.41, 5.74) is 6.07. The van der Waals surface area contributed by atoms with E-state index in [1.165, 1.54) is 12.1 Å². The lowest BCUT2D eigenvalue weighted by molar-refractivity contribution is 0.0697. The van der Waals surface area contributed by atoms with Gasteiger partial charge in [0.15, 0.2) is 0 Å². The first-order valence-corrected chi connectivity index (χ1v) is 12.5. The van der Waals surface area contributed by atoms with Gasteiger partial charge in [-0.05, 0) is 90.1 Å². The average molecular weight is 508 g/mol. The Hall–Kier alpha value is -3.35. The molecule has 7 heteroatoms. The molecule has 2 aliphatic rings. The van der Waals surface area contributed by atoms with Crippen LogP contribution in [0.3, 0.4) is 0 Å². The summed E-state index contributed by atoms with van der Waals surface area (Å²) in [5.74, 6) is -0.537. The molecule has 0 saturated carbocycles. The van der Waals surface area contributed by atoms with Crippen molar-refractivity contribution in [2.45, 2.75) is 25.9 Å². The number of morpholine rings is 1. The predicted molar refractivity (Wildman–Crippen MR) is 139 cm³/mol. The molecule has 1 aliphatic heterocycles. The Labute approximate surface area is 214 Å². The van der Waals surface area contributed by atoms with E-state index in [4.69, 9.17) is 21.1 Å². The number of ether oxygens (including phenoxy) is 2. The zero-order chi connectivity index (χ0) is 25.1. The first kappa shape index (κ1) is 24.3. The van der Waals surface area contributed by atoms with E-state index in [0.717, 1.165) is 65.9 Å². The number of aromatic carboxylic acids is 1. The Bertz CT molecular complexity index is 1300. The number of anilines is 1. The molecule has 1 aliphatic carbocycles. The first-order valence-electron chi connectivity index (χ1n) is 12.1. The van der Waals surface area contributed by atoms with E-state index in [1.54, 1.807) is 30.3 Å². The highest BCUT2D eigenvalue weighted by Crippen LogP contribution is 2.44. The summed E-state index contributed by atoms with van der Waals surface area (Å²) in [7, 11) is 0.